The third-order valence-corrected chi connectivity index (χ3v) is 3.16. The highest BCUT2D eigenvalue weighted by atomic mass is 19.4. The molecule has 0 amide bonds. The Hall–Kier alpha value is -2.35. The highest BCUT2D eigenvalue weighted by Crippen LogP contribution is 2.30. The van der Waals surface area contributed by atoms with Crippen molar-refractivity contribution in [2.75, 3.05) is 13.1 Å². The number of halogens is 3. The third-order valence-electron chi connectivity index (χ3n) is 3.16. The van der Waals surface area contributed by atoms with E-state index in [1.165, 1.54) is 22.0 Å². The summed E-state index contributed by atoms with van der Waals surface area (Å²) in [5.41, 5.74) is 0.154. The molecule has 0 radical (unpaired) electrons. The molecule has 2 aromatic rings. The average Bonchev–Trinajstić information content (AvgIpc) is 3.06. The molecule has 0 fully saturated rings. The molecular weight excluding hydrogens is 283 g/mol. The maximum atomic E-state index is 12.8. The summed E-state index contributed by atoms with van der Waals surface area (Å²) in [6.45, 7) is 1.13. The quantitative estimate of drug-likeness (QED) is 0.860. The van der Waals surface area contributed by atoms with Crippen molar-refractivity contribution < 1.29 is 13.2 Å². The van der Waals surface area contributed by atoms with Gasteiger partial charge in [0.25, 0.3) is 0 Å². The molecule has 0 bridgehead atoms. The van der Waals surface area contributed by atoms with E-state index in [9.17, 15) is 13.2 Å². The predicted octanol–water partition coefficient (Wildman–Crippen LogP) is 1.83. The molecule has 8 heteroatoms. The molecule has 0 unspecified atom stereocenters. The molecule has 1 aromatic carbocycles. The molecule has 0 saturated heterocycles. The number of hydrazine groups is 1. The minimum Gasteiger partial charge on any atom is -0.291 e. The molecule has 3 rings (SSSR count). The van der Waals surface area contributed by atoms with Crippen LogP contribution < -0.4 is 5.84 Å². The van der Waals surface area contributed by atoms with Crippen LogP contribution in [0.3, 0.4) is 0 Å². The Morgan fingerprint density at radius 3 is 2.67 bits per heavy atom. The van der Waals surface area contributed by atoms with Gasteiger partial charge >= 0.3 is 6.18 Å². The number of alkyl halides is 3. The van der Waals surface area contributed by atoms with Crippen LogP contribution in [0.4, 0.5) is 13.2 Å². The molecule has 5 nitrogen and oxygen atoms in total. The standard InChI is InChI=1S/C13H12F3N5/c14-13(15,16)9-2-1-3-10(8-9)21-11(4-5-19-21)12-18-6-7-20(12)17/h1-5,8H,6-7,17H2. The third kappa shape index (κ3) is 2.49. The molecule has 0 spiro atoms. The summed E-state index contributed by atoms with van der Waals surface area (Å²) < 4.78 is 39.8. The van der Waals surface area contributed by atoms with Gasteiger partial charge in [-0.05, 0) is 24.3 Å². The first-order valence-electron chi connectivity index (χ1n) is 6.25. The fourth-order valence-electron chi connectivity index (χ4n) is 2.18. The first kappa shape index (κ1) is 13.6. The number of nitrogens with zero attached hydrogens (tertiary/aromatic N) is 4. The van der Waals surface area contributed by atoms with Crippen LogP contribution in [0.5, 0.6) is 0 Å². The number of aliphatic imine (C=N–C) groups is 1. The molecule has 2 heterocycles. The monoisotopic (exact) mass is 295 g/mol. The van der Waals surface area contributed by atoms with E-state index in [4.69, 9.17) is 5.84 Å². The average molecular weight is 295 g/mol. The van der Waals surface area contributed by atoms with Crippen LogP contribution in [0.2, 0.25) is 0 Å². The largest absolute Gasteiger partial charge is 0.416 e. The van der Waals surface area contributed by atoms with Crippen LogP contribution in [0.1, 0.15) is 11.3 Å². The number of rotatable bonds is 2. The zero-order valence-corrected chi connectivity index (χ0v) is 10.9. The Labute approximate surface area is 118 Å². The molecule has 0 atom stereocenters. The van der Waals surface area contributed by atoms with Crippen LogP contribution in [-0.2, 0) is 6.18 Å². The molecule has 0 saturated carbocycles. The van der Waals surface area contributed by atoms with E-state index < -0.39 is 11.7 Å². The van der Waals surface area contributed by atoms with E-state index in [2.05, 4.69) is 10.1 Å². The van der Waals surface area contributed by atoms with Gasteiger partial charge in [-0.15, -0.1) is 0 Å². The van der Waals surface area contributed by atoms with E-state index in [0.717, 1.165) is 12.1 Å². The van der Waals surface area contributed by atoms with Gasteiger partial charge in [0.15, 0.2) is 5.84 Å². The number of aromatic nitrogens is 2. The lowest BCUT2D eigenvalue weighted by atomic mass is 10.2. The Morgan fingerprint density at radius 2 is 2.00 bits per heavy atom. The van der Waals surface area contributed by atoms with Crippen molar-refractivity contribution in [3.05, 3.63) is 47.8 Å². The van der Waals surface area contributed by atoms with Gasteiger partial charge in [-0.3, -0.25) is 10.0 Å². The highest BCUT2D eigenvalue weighted by Gasteiger charge is 2.31. The predicted molar refractivity (Wildman–Crippen MR) is 70.9 cm³/mol. The minimum atomic E-state index is -4.39. The van der Waals surface area contributed by atoms with Crippen LogP contribution in [-0.4, -0.2) is 33.7 Å². The summed E-state index contributed by atoms with van der Waals surface area (Å²) in [6, 6.07) is 6.65. The second-order valence-corrected chi connectivity index (χ2v) is 4.58. The summed E-state index contributed by atoms with van der Waals surface area (Å²) in [5.74, 6) is 6.32. The molecule has 110 valence electrons. The van der Waals surface area contributed by atoms with Gasteiger partial charge in [-0.25, -0.2) is 10.5 Å². The highest BCUT2D eigenvalue weighted by molar-refractivity contribution is 5.98. The van der Waals surface area contributed by atoms with Gasteiger partial charge in [0.1, 0.15) is 5.69 Å². The Kier molecular flexibility index (Phi) is 3.17. The van der Waals surface area contributed by atoms with Crippen molar-refractivity contribution >= 4 is 5.84 Å². The Morgan fingerprint density at radius 1 is 1.19 bits per heavy atom. The number of hydrogen-bond acceptors (Lipinski definition) is 4. The maximum Gasteiger partial charge on any atom is 0.416 e. The van der Waals surface area contributed by atoms with E-state index in [0.29, 0.717) is 30.3 Å². The second kappa shape index (κ2) is 4.88. The van der Waals surface area contributed by atoms with Gasteiger partial charge in [0.05, 0.1) is 30.5 Å². The zero-order chi connectivity index (χ0) is 15.0. The normalized spacial score (nSPS) is 15.4. The fraction of sp³-hybridized carbons (Fsp3) is 0.231. The van der Waals surface area contributed by atoms with Crippen LogP contribution >= 0.6 is 0 Å². The van der Waals surface area contributed by atoms with Crippen molar-refractivity contribution in [3.8, 4) is 5.69 Å². The lowest BCUT2D eigenvalue weighted by molar-refractivity contribution is -0.137. The lowest BCUT2D eigenvalue weighted by Gasteiger charge is -2.15. The Bertz CT molecular complexity index is 689. The van der Waals surface area contributed by atoms with Crippen molar-refractivity contribution in [3.63, 3.8) is 0 Å². The second-order valence-electron chi connectivity index (χ2n) is 4.58. The van der Waals surface area contributed by atoms with Gasteiger partial charge in [-0.2, -0.15) is 18.3 Å². The molecule has 21 heavy (non-hydrogen) atoms. The molecule has 0 aliphatic carbocycles. The van der Waals surface area contributed by atoms with Crippen molar-refractivity contribution in [2.45, 2.75) is 6.18 Å². The Balaban J connectivity index is 2.05. The van der Waals surface area contributed by atoms with Gasteiger partial charge < -0.3 is 0 Å². The van der Waals surface area contributed by atoms with Gasteiger partial charge in [0.2, 0.25) is 0 Å². The molecular formula is C13H12F3N5. The molecule has 1 aromatic heterocycles. The van der Waals surface area contributed by atoms with Crippen LogP contribution in [0.15, 0.2) is 41.5 Å². The van der Waals surface area contributed by atoms with Crippen molar-refractivity contribution in [1.82, 2.24) is 14.8 Å². The number of amidine groups is 1. The first-order chi connectivity index (χ1) is 9.97. The summed E-state index contributed by atoms with van der Waals surface area (Å²) in [4.78, 5) is 4.25. The van der Waals surface area contributed by atoms with Crippen molar-refractivity contribution in [2.24, 2.45) is 10.8 Å². The van der Waals surface area contributed by atoms with Gasteiger partial charge in [-0.1, -0.05) is 6.07 Å². The van der Waals surface area contributed by atoms with E-state index in [-0.39, 0.29) is 0 Å². The maximum absolute atomic E-state index is 12.8. The molecule has 1 aliphatic heterocycles. The number of nitrogens with two attached hydrogens (primary N) is 1. The van der Waals surface area contributed by atoms with E-state index >= 15 is 0 Å². The summed E-state index contributed by atoms with van der Waals surface area (Å²) in [5, 5.41) is 5.53. The fourth-order valence-corrected chi connectivity index (χ4v) is 2.18. The minimum absolute atomic E-state index is 0.313. The number of hydrogen-bond donors (Lipinski definition) is 1. The summed E-state index contributed by atoms with van der Waals surface area (Å²) in [7, 11) is 0. The zero-order valence-electron chi connectivity index (χ0n) is 10.9. The smallest absolute Gasteiger partial charge is 0.291 e. The SMILES string of the molecule is NN1CCN=C1c1ccnn1-c1cccc(C(F)(F)F)c1. The number of benzene rings is 1. The van der Waals surface area contributed by atoms with Gasteiger partial charge in [0, 0.05) is 0 Å². The van der Waals surface area contributed by atoms with Crippen molar-refractivity contribution in [1.29, 1.82) is 0 Å². The topological polar surface area (TPSA) is 59.4 Å². The van der Waals surface area contributed by atoms with E-state index in [1.54, 1.807) is 12.1 Å². The molecule has 2 N–H and O–H groups in total. The van der Waals surface area contributed by atoms with E-state index in [1.807, 2.05) is 0 Å². The lowest BCUT2D eigenvalue weighted by Crippen LogP contribution is -2.36. The van der Waals surface area contributed by atoms with Crippen LogP contribution in [0, 0.1) is 0 Å². The first-order valence-corrected chi connectivity index (χ1v) is 6.25. The van der Waals surface area contributed by atoms with Crippen LogP contribution in [0.25, 0.3) is 5.69 Å². The summed E-state index contributed by atoms with van der Waals surface area (Å²) in [6.07, 6.45) is -2.89. The molecule has 1 aliphatic rings. The summed E-state index contributed by atoms with van der Waals surface area (Å²) >= 11 is 0.